The molecule has 0 saturated carbocycles. The first-order valence-electron chi connectivity index (χ1n) is 10.7. The SMILES string of the molecule is CC(C)(C)OC(=O)N1CCC[C@@H](c2ccc(/N=C/c3cccc(C(N)=O)c3[N+](=O)[O-])cc2)C1. The van der Waals surface area contributed by atoms with Gasteiger partial charge in [0.25, 0.3) is 11.6 Å². The van der Waals surface area contributed by atoms with Gasteiger partial charge in [-0.15, -0.1) is 0 Å². The summed E-state index contributed by atoms with van der Waals surface area (Å²) in [6, 6.07) is 11.9. The maximum atomic E-state index is 12.4. The van der Waals surface area contributed by atoms with E-state index in [-0.39, 0.29) is 28.8 Å². The van der Waals surface area contributed by atoms with Crippen LogP contribution < -0.4 is 5.73 Å². The second kappa shape index (κ2) is 9.81. The van der Waals surface area contributed by atoms with Crippen molar-refractivity contribution in [3.05, 3.63) is 69.3 Å². The number of hydrogen-bond donors (Lipinski definition) is 1. The number of nitro groups is 1. The molecular formula is C24H28N4O5. The van der Waals surface area contributed by atoms with Crippen LogP contribution in [0.5, 0.6) is 0 Å². The first-order chi connectivity index (χ1) is 15.5. The van der Waals surface area contributed by atoms with Crippen LogP contribution in [0.25, 0.3) is 0 Å². The van der Waals surface area contributed by atoms with Gasteiger partial charge in [0.1, 0.15) is 11.2 Å². The van der Waals surface area contributed by atoms with Gasteiger partial charge in [-0.2, -0.15) is 0 Å². The Hall–Kier alpha value is -3.75. The van der Waals surface area contributed by atoms with E-state index in [0.29, 0.717) is 18.8 Å². The Bertz CT molecular complexity index is 1070. The van der Waals surface area contributed by atoms with Crippen molar-refractivity contribution in [3.8, 4) is 0 Å². The maximum Gasteiger partial charge on any atom is 0.410 e. The zero-order valence-corrected chi connectivity index (χ0v) is 19.0. The van der Waals surface area contributed by atoms with Gasteiger partial charge in [0.15, 0.2) is 0 Å². The number of carbonyl (C=O) groups is 2. The van der Waals surface area contributed by atoms with Crippen LogP contribution in [-0.4, -0.2) is 46.7 Å². The Morgan fingerprint density at radius 2 is 1.91 bits per heavy atom. The zero-order chi connectivity index (χ0) is 24.2. The van der Waals surface area contributed by atoms with Crippen molar-refractivity contribution in [2.24, 2.45) is 10.7 Å². The summed E-state index contributed by atoms with van der Waals surface area (Å²) in [5.74, 6) is -0.674. The van der Waals surface area contributed by atoms with E-state index in [1.165, 1.54) is 24.4 Å². The number of benzene rings is 2. The fraction of sp³-hybridized carbons (Fsp3) is 0.375. The van der Waals surface area contributed by atoms with Crippen LogP contribution in [0.1, 0.15) is 61.0 Å². The highest BCUT2D eigenvalue weighted by Gasteiger charge is 2.28. The summed E-state index contributed by atoms with van der Waals surface area (Å²) in [4.78, 5) is 40.8. The van der Waals surface area contributed by atoms with Gasteiger partial charge in [0.05, 0.1) is 16.2 Å². The molecule has 9 heteroatoms. The van der Waals surface area contributed by atoms with Crippen molar-refractivity contribution in [1.82, 2.24) is 4.90 Å². The fourth-order valence-electron chi connectivity index (χ4n) is 3.79. The number of amides is 2. The molecule has 2 aromatic carbocycles. The minimum Gasteiger partial charge on any atom is -0.444 e. The Labute approximate surface area is 192 Å². The second-order valence-corrected chi connectivity index (χ2v) is 8.98. The molecule has 3 rings (SSSR count). The number of aliphatic imine (C=N–C) groups is 1. The quantitative estimate of drug-likeness (QED) is 0.404. The molecule has 0 aliphatic carbocycles. The van der Waals surface area contributed by atoms with Crippen LogP contribution in [0, 0.1) is 10.1 Å². The molecule has 0 bridgehead atoms. The van der Waals surface area contributed by atoms with Gasteiger partial charge in [-0.05, 0) is 63.4 Å². The molecule has 2 amide bonds. The van der Waals surface area contributed by atoms with Crippen LogP contribution in [0.2, 0.25) is 0 Å². The largest absolute Gasteiger partial charge is 0.444 e. The first-order valence-corrected chi connectivity index (χ1v) is 10.7. The molecule has 9 nitrogen and oxygen atoms in total. The molecule has 1 fully saturated rings. The lowest BCUT2D eigenvalue weighted by Gasteiger charge is -2.34. The van der Waals surface area contributed by atoms with Crippen LogP contribution in [0.4, 0.5) is 16.2 Å². The van der Waals surface area contributed by atoms with Crippen LogP contribution in [-0.2, 0) is 4.74 Å². The number of piperidine rings is 1. The average Bonchev–Trinajstić information content (AvgIpc) is 2.76. The smallest absolute Gasteiger partial charge is 0.410 e. The second-order valence-electron chi connectivity index (χ2n) is 8.98. The van der Waals surface area contributed by atoms with Crippen molar-refractivity contribution in [3.63, 3.8) is 0 Å². The molecule has 174 valence electrons. The van der Waals surface area contributed by atoms with E-state index in [9.17, 15) is 19.7 Å². The van der Waals surface area contributed by atoms with Gasteiger partial charge in [-0.25, -0.2) is 4.79 Å². The standard InChI is InChI=1S/C24H28N4O5/c1-24(2,3)33-23(30)27-13-5-7-18(15-27)16-9-11-19(12-10-16)26-14-17-6-4-8-20(22(25)29)21(17)28(31)32/h4,6,8-12,14,18H,5,7,13,15H2,1-3H3,(H2,25,29)/b26-14+/t18-/m1/s1. The van der Waals surface area contributed by atoms with E-state index in [2.05, 4.69) is 4.99 Å². The predicted molar refractivity (Wildman–Crippen MR) is 125 cm³/mol. The van der Waals surface area contributed by atoms with E-state index >= 15 is 0 Å². The number of rotatable bonds is 5. The van der Waals surface area contributed by atoms with E-state index in [0.717, 1.165) is 18.4 Å². The number of primary amides is 1. The molecule has 0 spiro atoms. The number of para-hydroxylation sites is 1. The summed E-state index contributed by atoms with van der Waals surface area (Å²) in [6.45, 7) is 6.82. The van der Waals surface area contributed by atoms with Crippen LogP contribution in [0.15, 0.2) is 47.5 Å². The highest BCUT2D eigenvalue weighted by molar-refractivity contribution is 6.01. The summed E-state index contributed by atoms with van der Waals surface area (Å²) in [6.07, 6.45) is 2.91. The average molecular weight is 453 g/mol. The van der Waals surface area contributed by atoms with Crippen molar-refractivity contribution < 1.29 is 19.2 Å². The van der Waals surface area contributed by atoms with Gasteiger partial charge in [0.2, 0.25) is 0 Å². The van der Waals surface area contributed by atoms with Gasteiger partial charge >= 0.3 is 6.09 Å². The number of carbonyl (C=O) groups excluding carboxylic acids is 2. The van der Waals surface area contributed by atoms with E-state index in [1.807, 2.05) is 45.0 Å². The number of nitro benzene ring substituents is 1. The third-order valence-electron chi connectivity index (χ3n) is 5.31. The zero-order valence-electron chi connectivity index (χ0n) is 19.0. The van der Waals surface area contributed by atoms with E-state index in [4.69, 9.17) is 10.5 Å². The Balaban J connectivity index is 1.73. The molecule has 1 atom stereocenters. The summed E-state index contributed by atoms with van der Waals surface area (Å²) < 4.78 is 5.50. The monoisotopic (exact) mass is 452 g/mol. The molecule has 2 aromatic rings. The summed E-state index contributed by atoms with van der Waals surface area (Å²) in [5.41, 5.74) is 6.09. The van der Waals surface area contributed by atoms with Gasteiger partial charge in [0, 0.05) is 25.2 Å². The Morgan fingerprint density at radius 3 is 2.52 bits per heavy atom. The number of hydrogen-bond acceptors (Lipinski definition) is 6. The van der Waals surface area contributed by atoms with Crippen LogP contribution >= 0.6 is 0 Å². The maximum absolute atomic E-state index is 12.4. The highest BCUT2D eigenvalue weighted by Crippen LogP contribution is 2.29. The van der Waals surface area contributed by atoms with Gasteiger partial charge in [-0.3, -0.25) is 19.9 Å². The fourth-order valence-corrected chi connectivity index (χ4v) is 3.79. The summed E-state index contributed by atoms with van der Waals surface area (Å²) in [5, 5.41) is 11.4. The lowest BCUT2D eigenvalue weighted by molar-refractivity contribution is -0.385. The van der Waals surface area contributed by atoms with Gasteiger partial charge in [-0.1, -0.05) is 18.2 Å². The molecule has 0 aromatic heterocycles. The molecule has 1 aliphatic rings. The van der Waals surface area contributed by atoms with Gasteiger partial charge < -0.3 is 15.4 Å². The third kappa shape index (κ3) is 6.15. The van der Waals surface area contributed by atoms with Crippen molar-refractivity contribution in [2.45, 2.75) is 45.1 Å². The van der Waals surface area contributed by atoms with Crippen LogP contribution in [0.3, 0.4) is 0 Å². The van der Waals surface area contributed by atoms with Crippen molar-refractivity contribution >= 4 is 29.6 Å². The number of nitrogens with two attached hydrogens (primary N) is 1. The first kappa shape index (κ1) is 23.9. The van der Waals surface area contributed by atoms with E-state index in [1.54, 1.807) is 4.90 Å². The predicted octanol–water partition coefficient (Wildman–Crippen LogP) is 4.56. The Kier molecular flexibility index (Phi) is 7.10. The number of likely N-dealkylation sites (tertiary alicyclic amines) is 1. The summed E-state index contributed by atoms with van der Waals surface area (Å²) in [7, 11) is 0. The molecule has 0 unspecified atom stereocenters. The molecule has 1 saturated heterocycles. The molecule has 2 N–H and O–H groups in total. The van der Waals surface area contributed by atoms with E-state index < -0.39 is 16.4 Å². The topological polar surface area (TPSA) is 128 Å². The minimum atomic E-state index is -0.866. The minimum absolute atomic E-state index is 0.161. The van der Waals surface area contributed by atoms with Crippen molar-refractivity contribution in [1.29, 1.82) is 0 Å². The summed E-state index contributed by atoms with van der Waals surface area (Å²) >= 11 is 0. The molecule has 0 radical (unpaired) electrons. The normalized spacial score (nSPS) is 16.6. The molecule has 33 heavy (non-hydrogen) atoms. The molecular weight excluding hydrogens is 424 g/mol. The van der Waals surface area contributed by atoms with Crippen molar-refractivity contribution in [2.75, 3.05) is 13.1 Å². The third-order valence-corrected chi connectivity index (χ3v) is 5.31. The Morgan fingerprint density at radius 1 is 1.21 bits per heavy atom. The lowest BCUT2D eigenvalue weighted by Crippen LogP contribution is -2.42. The lowest BCUT2D eigenvalue weighted by atomic mass is 9.91. The number of ether oxygens (including phenoxy) is 1. The number of nitrogens with zero attached hydrogens (tertiary/aromatic N) is 3. The highest BCUT2D eigenvalue weighted by atomic mass is 16.6. The molecule has 1 aliphatic heterocycles. The molecule has 1 heterocycles.